The van der Waals surface area contributed by atoms with Crippen LogP contribution in [-0.4, -0.2) is 5.78 Å². The molecule has 0 aliphatic carbocycles. The molecule has 0 saturated heterocycles. The molecule has 0 spiro atoms. The summed E-state index contributed by atoms with van der Waals surface area (Å²) in [4.78, 5) is 13.5. The Hall–Kier alpha value is -3.45. The molecule has 130 valence electrons. The van der Waals surface area contributed by atoms with Gasteiger partial charge in [-0.15, -0.1) is 0 Å². The Morgan fingerprint density at radius 3 is 1.74 bits per heavy atom. The average molecular weight is 348 g/mol. The molecule has 4 aromatic carbocycles. The highest BCUT2D eigenvalue weighted by atomic mass is 16.1. The minimum absolute atomic E-state index is 0.116. The molecule has 0 amide bonds. The van der Waals surface area contributed by atoms with Crippen LogP contribution in [0.15, 0.2) is 115 Å². The van der Waals surface area contributed by atoms with Gasteiger partial charge in [-0.1, -0.05) is 115 Å². The topological polar surface area (TPSA) is 17.1 Å². The van der Waals surface area contributed by atoms with Crippen molar-refractivity contribution in [1.82, 2.24) is 0 Å². The van der Waals surface area contributed by atoms with Gasteiger partial charge in [-0.3, -0.25) is 4.79 Å². The van der Waals surface area contributed by atoms with Gasteiger partial charge in [0.2, 0.25) is 0 Å². The summed E-state index contributed by atoms with van der Waals surface area (Å²) < 4.78 is 0. The third-order valence-corrected chi connectivity index (χ3v) is 4.81. The Balaban J connectivity index is 1.90. The molecular weight excluding hydrogens is 328 g/mol. The zero-order valence-corrected chi connectivity index (χ0v) is 15.0. The molecule has 0 unspecified atom stereocenters. The van der Waals surface area contributed by atoms with Crippen LogP contribution in [0.4, 0.5) is 0 Å². The molecule has 0 heterocycles. The first kappa shape index (κ1) is 17.0. The number of hydrogen-bond acceptors (Lipinski definition) is 1. The highest BCUT2D eigenvalue weighted by Gasteiger charge is 2.26. The van der Waals surface area contributed by atoms with E-state index in [1.165, 1.54) is 0 Å². The lowest BCUT2D eigenvalue weighted by Gasteiger charge is -2.20. The summed E-state index contributed by atoms with van der Waals surface area (Å²) in [6.45, 7) is 0. The fourth-order valence-corrected chi connectivity index (χ4v) is 3.52. The number of carbonyl (C=O) groups is 1. The van der Waals surface area contributed by atoms with Crippen LogP contribution < -0.4 is 0 Å². The van der Waals surface area contributed by atoms with Gasteiger partial charge < -0.3 is 0 Å². The second kappa shape index (κ2) is 7.84. The number of rotatable bonds is 5. The van der Waals surface area contributed by atoms with Crippen LogP contribution in [0.5, 0.6) is 0 Å². The van der Waals surface area contributed by atoms with E-state index >= 15 is 0 Å². The van der Waals surface area contributed by atoms with Crippen LogP contribution in [-0.2, 0) is 0 Å². The molecule has 0 saturated carbocycles. The maximum atomic E-state index is 13.5. The first-order valence-electron chi connectivity index (χ1n) is 9.13. The van der Waals surface area contributed by atoms with Crippen molar-refractivity contribution in [2.75, 3.05) is 0 Å². The molecular formula is C26H20O. The summed E-state index contributed by atoms with van der Waals surface area (Å²) in [5.74, 6) is -0.227. The maximum Gasteiger partial charge on any atom is 0.174 e. The monoisotopic (exact) mass is 348 g/mol. The lowest BCUT2D eigenvalue weighted by Crippen LogP contribution is -2.15. The maximum absolute atomic E-state index is 13.5. The number of carbonyl (C=O) groups excluding carboxylic acids is 1. The molecule has 0 bridgehead atoms. The van der Waals surface area contributed by atoms with Crippen molar-refractivity contribution in [2.24, 2.45) is 0 Å². The van der Waals surface area contributed by atoms with Crippen molar-refractivity contribution in [3.05, 3.63) is 132 Å². The van der Waals surface area contributed by atoms with E-state index in [0.717, 1.165) is 27.8 Å². The zero-order valence-electron chi connectivity index (χ0n) is 15.0. The van der Waals surface area contributed by atoms with Crippen LogP contribution in [0.1, 0.15) is 27.4 Å². The molecule has 0 N–H and O–H groups in total. The van der Waals surface area contributed by atoms with Gasteiger partial charge in [0.05, 0.1) is 5.92 Å². The van der Waals surface area contributed by atoms with Crippen LogP contribution in [0.3, 0.4) is 0 Å². The van der Waals surface area contributed by atoms with Crippen LogP contribution in [0.2, 0.25) is 0 Å². The SMILES string of the molecule is O=C(c1ccccc1)[C@@H](c1ccccc1)c1ccccc1-c1ccccc1. The Morgan fingerprint density at radius 1 is 0.556 bits per heavy atom. The van der Waals surface area contributed by atoms with E-state index in [1.54, 1.807) is 0 Å². The lowest BCUT2D eigenvalue weighted by molar-refractivity contribution is 0.0974. The van der Waals surface area contributed by atoms with Gasteiger partial charge in [0, 0.05) is 5.56 Å². The first-order valence-corrected chi connectivity index (χ1v) is 9.13. The van der Waals surface area contributed by atoms with Gasteiger partial charge in [0.25, 0.3) is 0 Å². The quantitative estimate of drug-likeness (QED) is 0.383. The fraction of sp³-hybridized carbons (Fsp3) is 0.0385. The van der Waals surface area contributed by atoms with E-state index in [1.807, 2.05) is 91.0 Å². The van der Waals surface area contributed by atoms with Crippen molar-refractivity contribution < 1.29 is 4.79 Å². The molecule has 1 nitrogen and oxygen atoms in total. The fourth-order valence-electron chi connectivity index (χ4n) is 3.52. The number of hydrogen-bond donors (Lipinski definition) is 0. The second-order valence-electron chi connectivity index (χ2n) is 6.53. The van der Waals surface area contributed by atoms with Crippen LogP contribution in [0, 0.1) is 0 Å². The number of benzene rings is 4. The van der Waals surface area contributed by atoms with Gasteiger partial charge in [-0.25, -0.2) is 0 Å². The van der Waals surface area contributed by atoms with E-state index in [0.29, 0.717) is 0 Å². The average Bonchev–Trinajstić information content (AvgIpc) is 2.76. The van der Waals surface area contributed by atoms with Crippen LogP contribution in [0.25, 0.3) is 11.1 Å². The Morgan fingerprint density at radius 2 is 1.07 bits per heavy atom. The third-order valence-electron chi connectivity index (χ3n) is 4.81. The van der Waals surface area contributed by atoms with E-state index in [-0.39, 0.29) is 11.7 Å². The van der Waals surface area contributed by atoms with Crippen molar-refractivity contribution in [3.63, 3.8) is 0 Å². The second-order valence-corrected chi connectivity index (χ2v) is 6.53. The van der Waals surface area contributed by atoms with Crippen molar-refractivity contribution in [1.29, 1.82) is 0 Å². The molecule has 1 heteroatoms. The van der Waals surface area contributed by atoms with Gasteiger partial charge in [0.15, 0.2) is 5.78 Å². The summed E-state index contributed by atoms with van der Waals surface area (Å²) in [6, 6.07) is 38.0. The van der Waals surface area contributed by atoms with Crippen molar-refractivity contribution in [2.45, 2.75) is 5.92 Å². The standard InChI is InChI=1S/C26H20O/c27-26(22-16-8-3-9-17-22)25(21-14-6-2-7-15-21)24-19-11-10-18-23(24)20-12-4-1-5-13-20/h1-19,25H/t25-/m0/s1. The summed E-state index contributed by atoms with van der Waals surface area (Å²) in [6.07, 6.45) is 0. The Labute approximate surface area is 159 Å². The largest absolute Gasteiger partial charge is 0.293 e. The van der Waals surface area contributed by atoms with Gasteiger partial charge in [-0.05, 0) is 22.3 Å². The summed E-state index contributed by atoms with van der Waals surface area (Å²) in [7, 11) is 0. The molecule has 27 heavy (non-hydrogen) atoms. The lowest BCUT2D eigenvalue weighted by atomic mass is 9.81. The minimum atomic E-state index is -0.343. The van der Waals surface area contributed by atoms with Gasteiger partial charge in [-0.2, -0.15) is 0 Å². The van der Waals surface area contributed by atoms with Crippen molar-refractivity contribution in [3.8, 4) is 11.1 Å². The normalized spacial score (nSPS) is 11.7. The van der Waals surface area contributed by atoms with E-state index in [4.69, 9.17) is 0 Å². The third kappa shape index (κ3) is 3.58. The molecule has 0 aliphatic heterocycles. The molecule has 4 rings (SSSR count). The van der Waals surface area contributed by atoms with E-state index in [2.05, 4.69) is 24.3 Å². The summed E-state index contributed by atoms with van der Waals surface area (Å²) in [5, 5.41) is 0. The van der Waals surface area contributed by atoms with Crippen LogP contribution >= 0.6 is 0 Å². The molecule has 0 aliphatic rings. The van der Waals surface area contributed by atoms with Gasteiger partial charge in [0.1, 0.15) is 0 Å². The van der Waals surface area contributed by atoms with E-state index < -0.39 is 0 Å². The molecule has 4 aromatic rings. The summed E-state index contributed by atoms with van der Waals surface area (Å²) in [5.41, 5.74) is 4.99. The highest BCUT2D eigenvalue weighted by molar-refractivity contribution is 6.04. The van der Waals surface area contributed by atoms with Crippen molar-refractivity contribution >= 4 is 5.78 Å². The Kier molecular flexibility index (Phi) is 4.93. The smallest absolute Gasteiger partial charge is 0.174 e. The molecule has 1 atom stereocenters. The Bertz CT molecular complexity index is 1020. The minimum Gasteiger partial charge on any atom is -0.293 e. The predicted octanol–water partition coefficient (Wildman–Crippen LogP) is 6.37. The molecule has 0 aromatic heterocycles. The number of ketones is 1. The zero-order chi connectivity index (χ0) is 18.5. The summed E-state index contributed by atoms with van der Waals surface area (Å²) >= 11 is 0. The predicted molar refractivity (Wildman–Crippen MR) is 111 cm³/mol. The number of Topliss-reactive ketones (excluding diaryl/α,β-unsaturated/α-hetero) is 1. The van der Waals surface area contributed by atoms with Gasteiger partial charge >= 0.3 is 0 Å². The highest BCUT2D eigenvalue weighted by Crippen LogP contribution is 2.35. The first-order chi connectivity index (χ1) is 13.3. The van der Waals surface area contributed by atoms with E-state index in [9.17, 15) is 4.79 Å². The molecule has 0 radical (unpaired) electrons. The molecule has 0 fully saturated rings.